The van der Waals surface area contributed by atoms with E-state index in [0.29, 0.717) is 38.5 Å². The summed E-state index contributed by atoms with van der Waals surface area (Å²) in [6, 6.07) is 12.4. The SMILES string of the molecule is CCOC(C)(C)C(=O)N1CCCC1C(=O)N[C@H](Cc1ccc2ccccc2c1)C(=O)NCC(O)CNCC(C)C.Cl. The normalized spacial score (nSPS) is 16.8. The van der Waals surface area contributed by atoms with E-state index in [4.69, 9.17) is 4.74 Å². The van der Waals surface area contributed by atoms with E-state index >= 15 is 0 Å². The van der Waals surface area contributed by atoms with E-state index in [9.17, 15) is 19.5 Å². The maximum atomic E-state index is 13.5. The van der Waals surface area contributed by atoms with Crippen molar-refractivity contribution in [1.82, 2.24) is 20.9 Å². The number of fused-ring (bicyclic) bond motifs is 1. The fourth-order valence-electron chi connectivity index (χ4n) is 5.08. The highest BCUT2D eigenvalue weighted by molar-refractivity contribution is 5.94. The van der Waals surface area contributed by atoms with Crippen LogP contribution in [0.4, 0.5) is 0 Å². The molecule has 2 aromatic carbocycles. The number of halogens is 1. The van der Waals surface area contributed by atoms with Gasteiger partial charge in [-0.3, -0.25) is 14.4 Å². The molecule has 3 amide bonds. The zero-order valence-electron chi connectivity index (χ0n) is 24.9. The van der Waals surface area contributed by atoms with E-state index in [-0.39, 0.29) is 43.1 Å². The van der Waals surface area contributed by atoms with Gasteiger partial charge in [-0.25, -0.2) is 0 Å². The smallest absolute Gasteiger partial charge is 0.254 e. The molecule has 10 heteroatoms. The Bertz CT molecular complexity index is 1160. The predicted octanol–water partition coefficient (Wildman–Crippen LogP) is 2.82. The lowest BCUT2D eigenvalue weighted by Crippen LogP contribution is -2.57. The van der Waals surface area contributed by atoms with Crippen molar-refractivity contribution in [3.63, 3.8) is 0 Å². The van der Waals surface area contributed by atoms with Crippen LogP contribution < -0.4 is 16.0 Å². The molecule has 0 spiro atoms. The first-order chi connectivity index (χ1) is 19.0. The summed E-state index contributed by atoms with van der Waals surface area (Å²) in [6.07, 6.45) is 0.728. The molecule has 2 aromatic rings. The summed E-state index contributed by atoms with van der Waals surface area (Å²) in [4.78, 5) is 41.7. The lowest BCUT2D eigenvalue weighted by atomic mass is 10.0. The van der Waals surface area contributed by atoms with Gasteiger partial charge in [-0.1, -0.05) is 56.3 Å². The number of aliphatic hydroxyl groups excluding tert-OH is 1. The molecule has 1 aliphatic heterocycles. The van der Waals surface area contributed by atoms with Gasteiger partial charge in [0.25, 0.3) is 5.91 Å². The first kappa shape index (κ1) is 34.5. The highest BCUT2D eigenvalue weighted by Gasteiger charge is 2.41. The van der Waals surface area contributed by atoms with Crippen LogP contribution in [0, 0.1) is 5.92 Å². The predicted molar refractivity (Wildman–Crippen MR) is 164 cm³/mol. The van der Waals surface area contributed by atoms with Crippen LogP contribution in [0.25, 0.3) is 10.8 Å². The molecular weight excluding hydrogens is 544 g/mol. The third kappa shape index (κ3) is 9.95. The molecule has 2 unspecified atom stereocenters. The largest absolute Gasteiger partial charge is 0.390 e. The number of nitrogens with zero attached hydrogens (tertiary/aromatic N) is 1. The van der Waals surface area contributed by atoms with Gasteiger partial charge in [0.1, 0.15) is 17.7 Å². The van der Waals surface area contributed by atoms with Crippen LogP contribution in [0.15, 0.2) is 42.5 Å². The average molecular weight is 591 g/mol. The zero-order chi connectivity index (χ0) is 29.3. The van der Waals surface area contributed by atoms with Gasteiger partial charge in [0.15, 0.2) is 0 Å². The molecule has 3 rings (SSSR count). The maximum Gasteiger partial charge on any atom is 0.254 e. The number of amides is 3. The molecule has 4 N–H and O–H groups in total. The van der Waals surface area contributed by atoms with Gasteiger partial charge in [-0.2, -0.15) is 0 Å². The molecule has 0 radical (unpaired) electrons. The number of carbonyl (C=O) groups excluding carboxylic acids is 3. The monoisotopic (exact) mass is 590 g/mol. The number of rotatable bonds is 14. The quantitative estimate of drug-likeness (QED) is 0.269. The highest BCUT2D eigenvalue weighted by atomic mass is 35.5. The minimum absolute atomic E-state index is 0. The minimum Gasteiger partial charge on any atom is -0.390 e. The number of hydrogen-bond donors (Lipinski definition) is 4. The van der Waals surface area contributed by atoms with Crippen molar-refractivity contribution in [3.05, 3.63) is 48.0 Å². The summed E-state index contributed by atoms with van der Waals surface area (Å²) < 4.78 is 5.64. The summed E-state index contributed by atoms with van der Waals surface area (Å²) in [5.74, 6) is -0.530. The van der Waals surface area contributed by atoms with E-state index in [1.54, 1.807) is 18.7 Å². The van der Waals surface area contributed by atoms with Crippen molar-refractivity contribution >= 4 is 40.9 Å². The van der Waals surface area contributed by atoms with Crippen LogP contribution in [0.3, 0.4) is 0 Å². The Balaban J connectivity index is 0.00000588. The molecule has 1 fully saturated rings. The Morgan fingerprint density at radius 1 is 1.07 bits per heavy atom. The van der Waals surface area contributed by atoms with Crippen LogP contribution in [0.2, 0.25) is 0 Å². The molecule has 228 valence electrons. The van der Waals surface area contributed by atoms with Gasteiger partial charge < -0.3 is 30.7 Å². The first-order valence-corrected chi connectivity index (χ1v) is 14.4. The molecule has 1 saturated heterocycles. The van der Waals surface area contributed by atoms with E-state index in [1.165, 1.54) is 0 Å². The summed E-state index contributed by atoms with van der Waals surface area (Å²) >= 11 is 0. The fourth-order valence-corrected chi connectivity index (χ4v) is 5.08. The van der Waals surface area contributed by atoms with Gasteiger partial charge >= 0.3 is 0 Å². The van der Waals surface area contributed by atoms with E-state index in [0.717, 1.165) is 22.9 Å². The van der Waals surface area contributed by atoms with Gasteiger partial charge in [-0.05, 0) is 62.4 Å². The standard InChI is InChI=1S/C31H46N4O5.ClH/c1-6-40-31(4,5)30(39)35-15-9-12-27(35)29(38)34-26(28(37)33-20-25(36)19-32-18-21(2)3)17-22-13-14-23-10-7-8-11-24(23)16-22;/h7-8,10-11,13-14,16,21,25-27,32,36H,6,9,12,15,17-20H2,1-5H3,(H,33,37)(H,34,38);1H/t25?,26-,27?;/m1./s1. The van der Waals surface area contributed by atoms with Gasteiger partial charge in [0, 0.05) is 32.7 Å². The number of hydrogen-bond acceptors (Lipinski definition) is 6. The molecule has 3 atom stereocenters. The van der Waals surface area contributed by atoms with Crippen molar-refractivity contribution in [2.45, 2.75) is 77.7 Å². The number of carbonyl (C=O) groups is 3. The topological polar surface area (TPSA) is 120 Å². The third-order valence-corrected chi connectivity index (χ3v) is 7.17. The summed E-state index contributed by atoms with van der Waals surface area (Å²) in [6.45, 7) is 11.4. The van der Waals surface area contributed by atoms with Crippen molar-refractivity contribution in [2.75, 3.05) is 32.8 Å². The molecule has 9 nitrogen and oxygen atoms in total. The van der Waals surface area contributed by atoms with Crippen LogP contribution in [0.1, 0.15) is 53.0 Å². The van der Waals surface area contributed by atoms with Crippen LogP contribution in [-0.2, 0) is 25.5 Å². The highest BCUT2D eigenvalue weighted by Crippen LogP contribution is 2.24. The minimum atomic E-state index is -1.04. The summed E-state index contributed by atoms with van der Waals surface area (Å²) in [5.41, 5.74) is -0.144. The average Bonchev–Trinajstić information content (AvgIpc) is 3.40. The molecular formula is C31H47ClN4O5. The maximum absolute atomic E-state index is 13.5. The van der Waals surface area contributed by atoms with Crippen LogP contribution in [0.5, 0.6) is 0 Å². The third-order valence-electron chi connectivity index (χ3n) is 7.17. The van der Waals surface area contributed by atoms with Gasteiger partial charge in [0.2, 0.25) is 11.8 Å². The van der Waals surface area contributed by atoms with E-state index in [2.05, 4.69) is 29.8 Å². The molecule has 0 aliphatic carbocycles. The zero-order valence-corrected chi connectivity index (χ0v) is 25.8. The van der Waals surface area contributed by atoms with Crippen molar-refractivity contribution in [3.8, 4) is 0 Å². The fraction of sp³-hybridized carbons (Fsp3) is 0.581. The van der Waals surface area contributed by atoms with Gasteiger partial charge in [-0.15, -0.1) is 12.4 Å². The Labute approximate surface area is 250 Å². The molecule has 0 aromatic heterocycles. The molecule has 1 aliphatic rings. The Morgan fingerprint density at radius 2 is 1.78 bits per heavy atom. The van der Waals surface area contributed by atoms with Crippen molar-refractivity contribution < 1.29 is 24.2 Å². The van der Waals surface area contributed by atoms with Crippen LogP contribution in [-0.4, -0.2) is 84.3 Å². The summed E-state index contributed by atoms with van der Waals surface area (Å²) in [5, 5.41) is 21.4. The second-order valence-corrected chi connectivity index (χ2v) is 11.5. The summed E-state index contributed by atoms with van der Waals surface area (Å²) in [7, 11) is 0. The first-order valence-electron chi connectivity index (χ1n) is 14.4. The molecule has 0 saturated carbocycles. The molecule has 0 bridgehead atoms. The Kier molecular flexibility index (Phi) is 13.5. The lowest BCUT2D eigenvalue weighted by molar-refractivity contribution is -0.157. The van der Waals surface area contributed by atoms with Gasteiger partial charge in [0.05, 0.1) is 6.10 Å². The Hall–Kier alpha value is -2.72. The lowest BCUT2D eigenvalue weighted by Gasteiger charge is -2.33. The number of benzene rings is 2. The number of likely N-dealkylation sites (tertiary alicyclic amines) is 1. The van der Waals surface area contributed by atoms with E-state index in [1.807, 2.05) is 49.4 Å². The Morgan fingerprint density at radius 3 is 2.46 bits per heavy atom. The number of aliphatic hydroxyl groups is 1. The van der Waals surface area contributed by atoms with Crippen molar-refractivity contribution in [2.24, 2.45) is 5.92 Å². The van der Waals surface area contributed by atoms with E-state index < -0.39 is 23.8 Å². The van der Waals surface area contributed by atoms with Crippen LogP contribution >= 0.6 is 12.4 Å². The molecule has 41 heavy (non-hydrogen) atoms. The second-order valence-electron chi connectivity index (χ2n) is 11.5. The molecule has 1 heterocycles. The number of nitrogens with one attached hydrogen (secondary N) is 3. The number of ether oxygens (including phenoxy) is 1. The van der Waals surface area contributed by atoms with Crippen molar-refractivity contribution in [1.29, 1.82) is 0 Å². The second kappa shape index (κ2) is 16.1.